The Hall–Kier alpha value is -1.97. The minimum absolute atomic E-state index is 0.164. The number of carbonyl (C=O) groups excluding carboxylic acids is 1. The van der Waals surface area contributed by atoms with E-state index in [0.717, 1.165) is 29.6 Å². The molecular weight excluding hydrogens is 264 g/mol. The minimum atomic E-state index is 0.164. The van der Waals surface area contributed by atoms with Gasteiger partial charge in [-0.05, 0) is 38.5 Å². The molecule has 1 aromatic carbocycles. The van der Waals surface area contributed by atoms with Crippen molar-refractivity contribution in [1.82, 2.24) is 9.47 Å². The summed E-state index contributed by atoms with van der Waals surface area (Å²) >= 11 is 0. The van der Waals surface area contributed by atoms with Crippen LogP contribution in [0.2, 0.25) is 0 Å². The first-order chi connectivity index (χ1) is 9.99. The maximum absolute atomic E-state index is 11.6. The molecule has 4 heteroatoms. The first kappa shape index (κ1) is 15.4. The van der Waals surface area contributed by atoms with Crippen molar-refractivity contribution in [3.8, 4) is 5.75 Å². The summed E-state index contributed by atoms with van der Waals surface area (Å²) in [6, 6.07) is 8.20. The van der Waals surface area contributed by atoms with Crippen LogP contribution in [0.1, 0.15) is 26.7 Å². The Balaban J connectivity index is 2.10. The second-order valence-corrected chi connectivity index (χ2v) is 5.76. The van der Waals surface area contributed by atoms with Crippen LogP contribution in [0.25, 0.3) is 10.9 Å². The normalized spacial score (nSPS) is 11.1. The van der Waals surface area contributed by atoms with Crippen LogP contribution >= 0.6 is 0 Å². The zero-order chi connectivity index (χ0) is 15.4. The zero-order valence-electron chi connectivity index (χ0n) is 13.3. The molecule has 0 unspecified atom stereocenters. The molecular formula is C17H24N2O2. The lowest BCUT2D eigenvalue weighted by Gasteiger charge is -2.12. The van der Waals surface area contributed by atoms with E-state index in [9.17, 15) is 4.79 Å². The van der Waals surface area contributed by atoms with Crippen molar-refractivity contribution in [3.05, 3.63) is 30.5 Å². The van der Waals surface area contributed by atoms with Crippen LogP contribution in [-0.2, 0) is 11.3 Å². The summed E-state index contributed by atoms with van der Waals surface area (Å²) < 4.78 is 8.03. The van der Waals surface area contributed by atoms with E-state index in [0.29, 0.717) is 6.42 Å². The Morgan fingerprint density at radius 1 is 1.29 bits per heavy atom. The van der Waals surface area contributed by atoms with Crippen molar-refractivity contribution in [2.75, 3.05) is 14.1 Å². The van der Waals surface area contributed by atoms with Crippen molar-refractivity contribution in [3.63, 3.8) is 0 Å². The van der Waals surface area contributed by atoms with Gasteiger partial charge in [-0.2, -0.15) is 0 Å². The number of aryl methyl sites for hydroxylation is 1. The van der Waals surface area contributed by atoms with Crippen LogP contribution in [0.5, 0.6) is 5.75 Å². The molecule has 2 rings (SSSR count). The van der Waals surface area contributed by atoms with Crippen molar-refractivity contribution >= 4 is 16.8 Å². The molecule has 0 aliphatic heterocycles. The van der Waals surface area contributed by atoms with E-state index in [1.165, 1.54) is 0 Å². The molecule has 0 saturated carbocycles. The molecule has 2 aromatic rings. The van der Waals surface area contributed by atoms with Crippen LogP contribution in [-0.4, -0.2) is 35.6 Å². The Bertz CT molecular complexity index is 614. The topological polar surface area (TPSA) is 34.5 Å². The Morgan fingerprint density at radius 3 is 2.71 bits per heavy atom. The molecule has 0 N–H and O–H groups in total. The van der Waals surface area contributed by atoms with Gasteiger partial charge in [0.15, 0.2) is 0 Å². The SMILES string of the molecule is CC(C)Oc1cccc2c1ccn2CCCC(=O)N(C)C. The van der Waals surface area contributed by atoms with Crippen molar-refractivity contribution < 1.29 is 9.53 Å². The highest BCUT2D eigenvalue weighted by molar-refractivity contribution is 5.86. The molecule has 0 atom stereocenters. The number of ether oxygens (including phenoxy) is 1. The smallest absolute Gasteiger partial charge is 0.222 e. The van der Waals surface area contributed by atoms with Crippen molar-refractivity contribution in [1.29, 1.82) is 0 Å². The molecule has 21 heavy (non-hydrogen) atoms. The van der Waals surface area contributed by atoms with Gasteiger partial charge in [-0.3, -0.25) is 4.79 Å². The Labute approximate surface area is 126 Å². The summed E-state index contributed by atoms with van der Waals surface area (Å²) in [7, 11) is 3.59. The third-order valence-electron chi connectivity index (χ3n) is 3.42. The Kier molecular flexibility index (Phi) is 4.89. The van der Waals surface area contributed by atoms with E-state index in [4.69, 9.17) is 4.74 Å². The lowest BCUT2D eigenvalue weighted by Crippen LogP contribution is -2.21. The predicted molar refractivity (Wildman–Crippen MR) is 85.6 cm³/mol. The van der Waals surface area contributed by atoms with Gasteiger partial charge < -0.3 is 14.2 Å². The number of amides is 1. The summed E-state index contributed by atoms with van der Waals surface area (Å²) in [6.45, 7) is 4.90. The number of hydrogen-bond acceptors (Lipinski definition) is 2. The molecule has 1 aromatic heterocycles. The standard InChI is InChI=1S/C17H24N2O2/c1-13(2)21-16-8-5-7-15-14(16)10-12-19(15)11-6-9-17(20)18(3)4/h5,7-8,10,12-13H,6,9,11H2,1-4H3. The molecule has 0 fully saturated rings. The summed E-state index contributed by atoms with van der Waals surface area (Å²) in [5.74, 6) is 1.10. The van der Waals surface area contributed by atoms with Crippen molar-refractivity contribution in [2.45, 2.75) is 39.3 Å². The van der Waals surface area contributed by atoms with Gasteiger partial charge in [0.25, 0.3) is 0 Å². The fraction of sp³-hybridized carbons (Fsp3) is 0.471. The maximum Gasteiger partial charge on any atom is 0.222 e. The highest BCUT2D eigenvalue weighted by Gasteiger charge is 2.09. The molecule has 114 valence electrons. The second-order valence-electron chi connectivity index (χ2n) is 5.76. The molecule has 0 radical (unpaired) electrons. The molecule has 0 aliphatic carbocycles. The second kappa shape index (κ2) is 6.66. The van der Waals surface area contributed by atoms with Gasteiger partial charge in [-0.15, -0.1) is 0 Å². The van der Waals surface area contributed by atoms with Crippen LogP contribution in [0.3, 0.4) is 0 Å². The fourth-order valence-corrected chi connectivity index (χ4v) is 2.37. The molecule has 1 heterocycles. The van der Waals surface area contributed by atoms with E-state index in [1.807, 2.05) is 26.0 Å². The third-order valence-corrected chi connectivity index (χ3v) is 3.42. The largest absolute Gasteiger partial charge is 0.490 e. The predicted octanol–water partition coefficient (Wildman–Crippen LogP) is 3.30. The molecule has 1 amide bonds. The van der Waals surface area contributed by atoms with Crippen LogP contribution < -0.4 is 4.74 Å². The van der Waals surface area contributed by atoms with E-state index in [1.54, 1.807) is 19.0 Å². The van der Waals surface area contributed by atoms with Gasteiger partial charge in [0.05, 0.1) is 11.6 Å². The molecule has 0 spiro atoms. The number of rotatable bonds is 6. The minimum Gasteiger partial charge on any atom is -0.490 e. The summed E-state index contributed by atoms with van der Waals surface area (Å²) in [6.07, 6.45) is 3.65. The van der Waals surface area contributed by atoms with Gasteiger partial charge in [0, 0.05) is 38.6 Å². The number of nitrogens with zero attached hydrogens (tertiary/aromatic N) is 2. The number of carbonyl (C=O) groups is 1. The monoisotopic (exact) mass is 288 g/mol. The lowest BCUT2D eigenvalue weighted by atomic mass is 10.2. The van der Waals surface area contributed by atoms with Crippen LogP contribution in [0, 0.1) is 0 Å². The molecule has 0 aliphatic rings. The first-order valence-electron chi connectivity index (χ1n) is 7.43. The van der Waals surface area contributed by atoms with E-state index < -0.39 is 0 Å². The first-order valence-corrected chi connectivity index (χ1v) is 7.43. The highest BCUT2D eigenvalue weighted by atomic mass is 16.5. The van der Waals surface area contributed by atoms with Crippen LogP contribution in [0.4, 0.5) is 0 Å². The average Bonchev–Trinajstić information content (AvgIpc) is 2.82. The highest BCUT2D eigenvalue weighted by Crippen LogP contribution is 2.27. The molecule has 4 nitrogen and oxygen atoms in total. The third kappa shape index (κ3) is 3.78. The van der Waals surface area contributed by atoms with Gasteiger partial charge in [0.1, 0.15) is 5.75 Å². The molecule has 0 saturated heterocycles. The Morgan fingerprint density at radius 2 is 2.05 bits per heavy atom. The zero-order valence-corrected chi connectivity index (χ0v) is 13.3. The van der Waals surface area contributed by atoms with E-state index in [-0.39, 0.29) is 12.0 Å². The van der Waals surface area contributed by atoms with Gasteiger partial charge in [0.2, 0.25) is 5.91 Å². The number of fused-ring (bicyclic) bond motifs is 1. The summed E-state index contributed by atoms with van der Waals surface area (Å²) in [5, 5.41) is 1.13. The lowest BCUT2D eigenvalue weighted by molar-refractivity contribution is -0.128. The van der Waals surface area contributed by atoms with Gasteiger partial charge in [-0.25, -0.2) is 0 Å². The number of benzene rings is 1. The van der Waals surface area contributed by atoms with E-state index in [2.05, 4.69) is 22.9 Å². The fourth-order valence-electron chi connectivity index (χ4n) is 2.37. The van der Waals surface area contributed by atoms with Gasteiger partial charge >= 0.3 is 0 Å². The van der Waals surface area contributed by atoms with Gasteiger partial charge in [-0.1, -0.05) is 6.07 Å². The van der Waals surface area contributed by atoms with Crippen LogP contribution in [0.15, 0.2) is 30.5 Å². The summed E-state index contributed by atoms with van der Waals surface area (Å²) in [4.78, 5) is 13.2. The van der Waals surface area contributed by atoms with Crippen molar-refractivity contribution in [2.24, 2.45) is 0 Å². The molecule has 0 bridgehead atoms. The quantitative estimate of drug-likeness (QED) is 0.817. The maximum atomic E-state index is 11.6. The number of hydrogen-bond donors (Lipinski definition) is 0. The summed E-state index contributed by atoms with van der Waals surface area (Å²) in [5.41, 5.74) is 1.16. The number of aromatic nitrogens is 1. The average molecular weight is 288 g/mol. The van der Waals surface area contributed by atoms with E-state index >= 15 is 0 Å².